The second-order valence-corrected chi connectivity index (χ2v) is 4.30. The van der Waals surface area contributed by atoms with Crippen LogP contribution in [0.4, 0.5) is 0 Å². The van der Waals surface area contributed by atoms with Gasteiger partial charge in [0.15, 0.2) is 5.78 Å². The molecule has 4 nitrogen and oxygen atoms in total. The minimum Gasteiger partial charge on any atom is -0.379 e. The average Bonchev–Trinajstić information content (AvgIpc) is 2.45. The molecule has 18 heavy (non-hydrogen) atoms. The zero-order chi connectivity index (χ0) is 12.6. The van der Waals surface area contributed by atoms with Crippen LogP contribution in [0.5, 0.6) is 0 Å². The van der Waals surface area contributed by atoms with E-state index in [9.17, 15) is 4.79 Å². The summed E-state index contributed by atoms with van der Waals surface area (Å²) in [5, 5.41) is 0. The van der Waals surface area contributed by atoms with Crippen LogP contribution in [0.15, 0.2) is 30.3 Å². The molecule has 1 fully saturated rings. The molecule has 4 heteroatoms. The highest BCUT2D eigenvalue weighted by Crippen LogP contribution is 2.01. The van der Waals surface area contributed by atoms with E-state index in [1.54, 1.807) is 0 Å². The fourth-order valence-corrected chi connectivity index (χ4v) is 1.89. The van der Waals surface area contributed by atoms with Gasteiger partial charge in [0.1, 0.15) is 6.61 Å². The molecule has 1 aliphatic rings. The minimum absolute atomic E-state index is 0.0394. The Kier molecular flexibility index (Phi) is 5.33. The number of ketones is 1. The molecule has 0 saturated carbocycles. The number of nitrogens with zero attached hydrogens (tertiary/aromatic N) is 1. The zero-order valence-electron chi connectivity index (χ0n) is 10.5. The number of carbonyl (C=O) groups excluding carboxylic acids is 1. The quantitative estimate of drug-likeness (QED) is 0.561. The van der Waals surface area contributed by atoms with Crippen molar-refractivity contribution in [2.24, 2.45) is 0 Å². The largest absolute Gasteiger partial charge is 0.379 e. The average molecular weight is 249 g/mol. The third-order valence-electron chi connectivity index (χ3n) is 2.98. The number of carbonyl (C=O) groups is 1. The third-order valence-corrected chi connectivity index (χ3v) is 2.98. The summed E-state index contributed by atoms with van der Waals surface area (Å²) < 4.78 is 10.7. The van der Waals surface area contributed by atoms with Crippen molar-refractivity contribution in [3.8, 4) is 0 Å². The molecule has 0 amide bonds. The van der Waals surface area contributed by atoms with Crippen LogP contribution in [0.2, 0.25) is 0 Å². The topological polar surface area (TPSA) is 38.8 Å². The number of rotatable bonds is 6. The molecule has 2 rings (SSSR count). The van der Waals surface area contributed by atoms with Gasteiger partial charge in [-0.1, -0.05) is 30.3 Å². The van der Waals surface area contributed by atoms with Crippen molar-refractivity contribution in [2.75, 3.05) is 46.1 Å². The van der Waals surface area contributed by atoms with Crippen LogP contribution >= 0.6 is 0 Å². The lowest BCUT2D eigenvalue weighted by Gasteiger charge is -2.26. The number of ether oxygens (including phenoxy) is 2. The molecule has 0 atom stereocenters. The summed E-state index contributed by atoms with van der Waals surface area (Å²) in [6, 6.07) is 9.25. The van der Waals surface area contributed by atoms with Gasteiger partial charge in [-0.15, -0.1) is 0 Å². The molecule has 0 radical (unpaired) electrons. The van der Waals surface area contributed by atoms with E-state index < -0.39 is 0 Å². The van der Waals surface area contributed by atoms with Crippen LogP contribution in [0.1, 0.15) is 10.4 Å². The lowest BCUT2D eigenvalue weighted by atomic mass is 10.1. The predicted octanol–water partition coefficient (Wildman–Crippen LogP) is 1.22. The number of benzene rings is 1. The highest BCUT2D eigenvalue weighted by molar-refractivity contribution is 5.96. The van der Waals surface area contributed by atoms with Crippen molar-refractivity contribution in [3.05, 3.63) is 35.9 Å². The van der Waals surface area contributed by atoms with E-state index in [2.05, 4.69) is 4.90 Å². The van der Waals surface area contributed by atoms with Gasteiger partial charge in [-0.2, -0.15) is 0 Å². The molecule has 1 heterocycles. The smallest absolute Gasteiger partial charge is 0.188 e. The first-order valence-corrected chi connectivity index (χ1v) is 6.32. The van der Waals surface area contributed by atoms with Crippen LogP contribution in [-0.2, 0) is 9.47 Å². The first-order valence-electron chi connectivity index (χ1n) is 6.32. The fraction of sp³-hybridized carbons (Fsp3) is 0.500. The molecule has 0 unspecified atom stereocenters. The van der Waals surface area contributed by atoms with E-state index in [0.29, 0.717) is 12.2 Å². The summed E-state index contributed by atoms with van der Waals surface area (Å²) in [5.41, 5.74) is 0.712. The van der Waals surface area contributed by atoms with Gasteiger partial charge in [0.2, 0.25) is 0 Å². The Hall–Kier alpha value is -1.23. The van der Waals surface area contributed by atoms with Gasteiger partial charge in [-0.3, -0.25) is 9.69 Å². The Morgan fingerprint density at radius 1 is 1.22 bits per heavy atom. The van der Waals surface area contributed by atoms with Crippen molar-refractivity contribution in [1.29, 1.82) is 0 Å². The Labute approximate surface area is 107 Å². The maximum Gasteiger partial charge on any atom is 0.188 e. The van der Waals surface area contributed by atoms with Gasteiger partial charge in [0.05, 0.1) is 19.8 Å². The zero-order valence-corrected chi connectivity index (χ0v) is 10.5. The lowest BCUT2D eigenvalue weighted by Crippen LogP contribution is -2.38. The Morgan fingerprint density at radius 3 is 2.67 bits per heavy atom. The van der Waals surface area contributed by atoms with Crippen LogP contribution in [0.25, 0.3) is 0 Å². The van der Waals surface area contributed by atoms with Crippen molar-refractivity contribution in [1.82, 2.24) is 4.90 Å². The number of hydrogen-bond donors (Lipinski definition) is 0. The highest BCUT2D eigenvalue weighted by atomic mass is 16.5. The summed E-state index contributed by atoms with van der Waals surface area (Å²) in [6.07, 6.45) is 0. The summed E-state index contributed by atoms with van der Waals surface area (Å²) in [5.74, 6) is 0.0394. The predicted molar refractivity (Wildman–Crippen MR) is 68.9 cm³/mol. The Bertz CT molecular complexity index is 361. The molecule has 0 aromatic heterocycles. The van der Waals surface area contributed by atoms with E-state index >= 15 is 0 Å². The normalized spacial score (nSPS) is 16.7. The molecule has 0 N–H and O–H groups in total. The molecular weight excluding hydrogens is 230 g/mol. The lowest BCUT2D eigenvalue weighted by molar-refractivity contribution is 0.0208. The molecule has 1 aromatic carbocycles. The second-order valence-electron chi connectivity index (χ2n) is 4.30. The van der Waals surface area contributed by atoms with Gasteiger partial charge in [-0.25, -0.2) is 0 Å². The van der Waals surface area contributed by atoms with Gasteiger partial charge in [-0.05, 0) is 0 Å². The van der Waals surface area contributed by atoms with E-state index in [1.807, 2.05) is 30.3 Å². The summed E-state index contributed by atoms with van der Waals surface area (Å²) >= 11 is 0. The van der Waals surface area contributed by atoms with Gasteiger partial charge < -0.3 is 9.47 Å². The standard InChI is InChI=1S/C14H19NO3/c16-14(13-4-2-1-3-5-13)12-18-11-8-15-6-9-17-10-7-15/h1-5H,6-12H2. The van der Waals surface area contributed by atoms with Crippen LogP contribution in [0.3, 0.4) is 0 Å². The summed E-state index contributed by atoms with van der Waals surface area (Å²) in [4.78, 5) is 14.0. The summed E-state index contributed by atoms with van der Waals surface area (Å²) in [7, 11) is 0. The van der Waals surface area contributed by atoms with Crippen LogP contribution in [-0.4, -0.2) is 56.7 Å². The maximum atomic E-state index is 11.7. The second kappa shape index (κ2) is 7.26. The first-order chi connectivity index (χ1) is 8.86. The monoisotopic (exact) mass is 249 g/mol. The first kappa shape index (κ1) is 13.2. The molecule has 0 bridgehead atoms. The highest BCUT2D eigenvalue weighted by Gasteiger charge is 2.10. The van der Waals surface area contributed by atoms with Crippen molar-refractivity contribution >= 4 is 5.78 Å². The molecule has 1 saturated heterocycles. The molecule has 1 aromatic rings. The summed E-state index contributed by atoms with van der Waals surface area (Å²) in [6.45, 7) is 5.12. The minimum atomic E-state index is 0.0394. The van der Waals surface area contributed by atoms with Gasteiger partial charge in [0, 0.05) is 25.2 Å². The van der Waals surface area contributed by atoms with E-state index in [1.165, 1.54) is 0 Å². The Morgan fingerprint density at radius 2 is 1.94 bits per heavy atom. The molecule has 0 spiro atoms. The van der Waals surface area contributed by atoms with E-state index in [0.717, 1.165) is 32.8 Å². The Balaban J connectivity index is 1.62. The van der Waals surface area contributed by atoms with Gasteiger partial charge in [0.25, 0.3) is 0 Å². The van der Waals surface area contributed by atoms with E-state index in [-0.39, 0.29) is 12.4 Å². The molecule has 0 aliphatic carbocycles. The number of Topliss-reactive ketones (excluding diaryl/α,β-unsaturated/α-hetero) is 1. The fourth-order valence-electron chi connectivity index (χ4n) is 1.89. The third kappa shape index (κ3) is 4.22. The molecular formula is C14H19NO3. The van der Waals surface area contributed by atoms with Crippen molar-refractivity contribution < 1.29 is 14.3 Å². The van der Waals surface area contributed by atoms with Crippen LogP contribution in [0, 0.1) is 0 Å². The maximum absolute atomic E-state index is 11.7. The van der Waals surface area contributed by atoms with Crippen LogP contribution < -0.4 is 0 Å². The van der Waals surface area contributed by atoms with E-state index in [4.69, 9.17) is 9.47 Å². The number of hydrogen-bond acceptors (Lipinski definition) is 4. The molecule has 98 valence electrons. The molecule has 1 aliphatic heterocycles. The van der Waals surface area contributed by atoms with Crippen molar-refractivity contribution in [2.45, 2.75) is 0 Å². The number of morpholine rings is 1. The van der Waals surface area contributed by atoms with Gasteiger partial charge >= 0.3 is 0 Å². The van der Waals surface area contributed by atoms with Crippen molar-refractivity contribution in [3.63, 3.8) is 0 Å². The SMILES string of the molecule is O=C(COCCN1CCOCC1)c1ccccc1.